The first kappa shape index (κ1) is 13.8. The van der Waals surface area contributed by atoms with Crippen LogP contribution in [0.4, 0.5) is 17.6 Å². The third-order valence-corrected chi connectivity index (χ3v) is 2.05. The number of ether oxygens (including phenoxy) is 1. The van der Waals surface area contributed by atoms with E-state index >= 15 is 0 Å². The molecule has 1 aromatic carbocycles. The van der Waals surface area contributed by atoms with Crippen molar-refractivity contribution >= 4 is 0 Å². The van der Waals surface area contributed by atoms with E-state index in [1.807, 2.05) is 6.92 Å². The van der Waals surface area contributed by atoms with Crippen LogP contribution >= 0.6 is 0 Å². The van der Waals surface area contributed by atoms with Crippen molar-refractivity contribution in [3.8, 4) is 5.75 Å². The molecule has 1 N–H and O–H groups in total. The van der Waals surface area contributed by atoms with Crippen LogP contribution in [0.15, 0.2) is 18.2 Å². The molecule has 17 heavy (non-hydrogen) atoms. The molecule has 0 heterocycles. The van der Waals surface area contributed by atoms with E-state index in [0.717, 1.165) is 18.7 Å². The van der Waals surface area contributed by atoms with Crippen LogP contribution in [0, 0.1) is 5.82 Å². The van der Waals surface area contributed by atoms with Crippen LogP contribution in [0.2, 0.25) is 0 Å². The molecule has 0 aliphatic rings. The van der Waals surface area contributed by atoms with E-state index in [1.165, 1.54) is 0 Å². The van der Waals surface area contributed by atoms with E-state index in [1.54, 1.807) is 0 Å². The lowest BCUT2D eigenvalue weighted by molar-refractivity contribution is -0.137. The molecular weight excluding hydrogens is 238 g/mol. The average molecular weight is 251 g/mol. The van der Waals surface area contributed by atoms with Gasteiger partial charge in [-0.2, -0.15) is 13.2 Å². The van der Waals surface area contributed by atoms with E-state index in [-0.39, 0.29) is 12.4 Å². The number of halogens is 4. The van der Waals surface area contributed by atoms with Crippen molar-refractivity contribution in [1.82, 2.24) is 5.32 Å². The molecule has 0 aromatic heterocycles. The second-order valence-electron chi connectivity index (χ2n) is 3.34. The maximum absolute atomic E-state index is 13.2. The Morgan fingerprint density at radius 1 is 1.29 bits per heavy atom. The van der Waals surface area contributed by atoms with Gasteiger partial charge in [-0.25, -0.2) is 4.39 Å². The van der Waals surface area contributed by atoms with Crippen LogP contribution in [0.1, 0.15) is 12.5 Å². The molecule has 0 atom stereocenters. The first-order valence-electron chi connectivity index (χ1n) is 5.15. The summed E-state index contributed by atoms with van der Waals surface area (Å²) in [5.74, 6) is -1.17. The number of rotatable bonds is 5. The molecule has 0 aliphatic heterocycles. The predicted molar refractivity (Wildman–Crippen MR) is 55.4 cm³/mol. The van der Waals surface area contributed by atoms with E-state index < -0.39 is 17.6 Å². The quantitative estimate of drug-likeness (QED) is 0.641. The third-order valence-electron chi connectivity index (χ3n) is 2.05. The van der Waals surface area contributed by atoms with Crippen molar-refractivity contribution in [3.63, 3.8) is 0 Å². The number of benzene rings is 1. The summed E-state index contributed by atoms with van der Waals surface area (Å²) in [5.41, 5.74) is -1.02. The van der Waals surface area contributed by atoms with Crippen LogP contribution < -0.4 is 10.1 Å². The van der Waals surface area contributed by atoms with Gasteiger partial charge in [0.1, 0.15) is 6.61 Å². The summed E-state index contributed by atoms with van der Waals surface area (Å²) >= 11 is 0. The molecule has 0 saturated heterocycles. The molecular formula is C11H13F4NO. The highest BCUT2D eigenvalue weighted by Gasteiger charge is 2.31. The summed E-state index contributed by atoms with van der Waals surface area (Å²) in [5, 5.41) is 2.95. The molecule has 0 fully saturated rings. The van der Waals surface area contributed by atoms with Gasteiger partial charge in [0.15, 0.2) is 11.6 Å². The van der Waals surface area contributed by atoms with Crippen molar-refractivity contribution in [2.24, 2.45) is 0 Å². The Hall–Kier alpha value is -1.30. The average Bonchev–Trinajstić information content (AvgIpc) is 2.24. The summed E-state index contributed by atoms with van der Waals surface area (Å²) in [6.07, 6.45) is -4.54. The summed E-state index contributed by atoms with van der Waals surface area (Å²) in [4.78, 5) is 0. The van der Waals surface area contributed by atoms with E-state index in [0.29, 0.717) is 12.6 Å². The fourth-order valence-corrected chi connectivity index (χ4v) is 1.20. The molecule has 0 spiro atoms. The van der Waals surface area contributed by atoms with Crippen LogP contribution in [-0.2, 0) is 6.18 Å². The zero-order valence-corrected chi connectivity index (χ0v) is 9.27. The first-order valence-corrected chi connectivity index (χ1v) is 5.15. The smallest absolute Gasteiger partial charge is 0.416 e. The zero-order valence-electron chi connectivity index (χ0n) is 9.27. The Balaban J connectivity index is 2.64. The number of alkyl halides is 3. The van der Waals surface area contributed by atoms with Crippen molar-refractivity contribution in [2.75, 3.05) is 19.7 Å². The van der Waals surface area contributed by atoms with Gasteiger partial charge >= 0.3 is 6.18 Å². The molecule has 6 heteroatoms. The van der Waals surface area contributed by atoms with E-state index in [2.05, 4.69) is 5.32 Å². The molecule has 0 saturated carbocycles. The molecule has 0 bridgehead atoms. The maximum atomic E-state index is 13.2. The largest absolute Gasteiger partial charge is 0.489 e. The SMILES string of the molecule is CCNCCOc1ccc(C(F)(F)F)cc1F. The Morgan fingerprint density at radius 2 is 2.00 bits per heavy atom. The van der Waals surface area contributed by atoms with Crippen LogP contribution in [0.3, 0.4) is 0 Å². The lowest BCUT2D eigenvalue weighted by Crippen LogP contribution is -2.20. The first-order chi connectivity index (χ1) is 7.95. The Morgan fingerprint density at radius 3 is 2.53 bits per heavy atom. The fraction of sp³-hybridized carbons (Fsp3) is 0.455. The molecule has 0 amide bonds. The molecule has 96 valence electrons. The summed E-state index contributed by atoms with van der Waals surface area (Å²) in [6, 6.07) is 2.22. The van der Waals surface area contributed by atoms with Crippen molar-refractivity contribution in [2.45, 2.75) is 13.1 Å². The lowest BCUT2D eigenvalue weighted by atomic mass is 10.2. The van der Waals surface area contributed by atoms with Gasteiger partial charge in [-0.05, 0) is 24.7 Å². The number of hydrogen-bond donors (Lipinski definition) is 1. The number of hydrogen-bond acceptors (Lipinski definition) is 2. The molecule has 1 aromatic rings. The van der Waals surface area contributed by atoms with Crippen LogP contribution in [0.5, 0.6) is 5.75 Å². The minimum atomic E-state index is -4.54. The minimum Gasteiger partial charge on any atom is -0.489 e. The van der Waals surface area contributed by atoms with E-state index in [4.69, 9.17) is 4.74 Å². The predicted octanol–water partition coefficient (Wildman–Crippen LogP) is 2.83. The zero-order chi connectivity index (χ0) is 12.9. The highest BCUT2D eigenvalue weighted by Crippen LogP contribution is 2.31. The van der Waals surface area contributed by atoms with Gasteiger partial charge < -0.3 is 10.1 Å². The fourth-order valence-electron chi connectivity index (χ4n) is 1.20. The van der Waals surface area contributed by atoms with E-state index in [9.17, 15) is 17.6 Å². The highest BCUT2D eigenvalue weighted by molar-refractivity contribution is 5.30. The van der Waals surface area contributed by atoms with Crippen molar-refractivity contribution in [1.29, 1.82) is 0 Å². The second kappa shape index (κ2) is 5.86. The Labute approximate surface area is 96.6 Å². The topological polar surface area (TPSA) is 21.3 Å². The standard InChI is InChI=1S/C11H13F4NO/c1-2-16-5-6-17-10-4-3-8(7-9(10)12)11(13,14)15/h3-4,7,16H,2,5-6H2,1H3. The van der Waals surface area contributed by atoms with Gasteiger partial charge in [-0.1, -0.05) is 6.92 Å². The van der Waals surface area contributed by atoms with Crippen LogP contribution in [-0.4, -0.2) is 19.7 Å². The van der Waals surface area contributed by atoms with Gasteiger partial charge in [0.2, 0.25) is 0 Å². The summed E-state index contributed by atoms with van der Waals surface area (Å²) in [6.45, 7) is 3.37. The lowest BCUT2D eigenvalue weighted by Gasteiger charge is -2.10. The van der Waals surface area contributed by atoms with Gasteiger partial charge in [-0.15, -0.1) is 0 Å². The normalized spacial score (nSPS) is 11.6. The molecule has 0 unspecified atom stereocenters. The number of likely N-dealkylation sites (N-methyl/N-ethyl adjacent to an activating group) is 1. The molecule has 0 aliphatic carbocycles. The Kier molecular flexibility index (Phi) is 4.74. The van der Waals surface area contributed by atoms with Gasteiger partial charge in [0, 0.05) is 6.54 Å². The number of nitrogens with one attached hydrogen (secondary N) is 1. The molecule has 0 radical (unpaired) electrons. The highest BCUT2D eigenvalue weighted by atomic mass is 19.4. The molecule has 1 rings (SSSR count). The van der Waals surface area contributed by atoms with Gasteiger partial charge in [0.05, 0.1) is 5.56 Å². The van der Waals surface area contributed by atoms with Crippen LogP contribution in [0.25, 0.3) is 0 Å². The maximum Gasteiger partial charge on any atom is 0.416 e. The minimum absolute atomic E-state index is 0.170. The molecule has 2 nitrogen and oxygen atoms in total. The second-order valence-corrected chi connectivity index (χ2v) is 3.34. The summed E-state index contributed by atoms with van der Waals surface area (Å²) in [7, 11) is 0. The van der Waals surface area contributed by atoms with Crippen molar-refractivity contribution < 1.29 is 22.3 Å². The Bertz CT molecular complexity index is 365. The summed E-state index contributed by atoms with van der Waals surface area (Å²) < 4.78 is 54.9. The monoisotopic (exact) mass is 251 g/mol. The van der Waals surface area contributed by atoms with Gasteiger partial charge in [0.25, 0.3) is 0 Å². The van der Waals surface area contributed by atoms with Gasteiger partial charge in [-0.3, -0.25) is 0 Å². The van der Waals surface area contributed by atoms with Crippen molar-refractivity contribution in [3.05, 3.63) is 29.6 Å². The third kappa shape index (κ3) is 4.22.